The Bertz CT molecular complexity index is 2460. The average Bonchev–Trinajstić information content (AvgIpc) is 3.96. The van der Waals surface area contributed by atoms with E-state index in [4.69, 9.17) is 47.5 Å². The Morgan fingerprint density at radius 2 is 1.58 bits per heavy atom. The highest BCUT2D eigenvalue weighted by molar-refractivity contribution is 7.92. The zero-order valence-corrected chi connectivity index (χ0v) is 52.9. The van der Waals surface area contributed by atoms with Gasteiger partial charge in [-0.25, -0.2) is 17.5 Å². The topological polar surface area (TPSA) is 274 Å². The molecule has 3 fully saturated rings. The number of benzene rings is 1. The lowest BCUT2D eigenvalue weighted by molar-refractivity contribution is -0.319. The van der Waals surface area contributed by atoms with Gasteiger partial charge in [0.15, 0.2) is 12.6 Å². The van der Waals surface area contributed by atoms with Crippen LogP contribution < -0.4 is 4.31 Å². The normalized spacial score (nSPS) is 36.5. The first-order valence-corrected chi connectivity index (χ1v) is 30.8. The predicted octanol–water partition coefficient (Wildman–Crippen LogP) is 5.52. The number of cyclic esters (lactones) is 1. The van der Waals surface area contributed by atoms with E-state index in [0.29, 0.717) is 48.5 Å². The number of rotatable bonds is 24. The van der Waals surface area contributed by atoms with E-state index in [1.165, 1.54) is 51.4 Å². The molecular weight excluding hydrogens is 1100 g/mol. The number of sulfonamides is 1. The van der Waals surface area contributed by atoms with E-state index in [-0.39, 0.29) is 31.8 Å². The molecule has 0 saturated carbocycles. The second-order valence-corrected chi connectivity index (χ2v) is 26.0. The number of likely N-dealkylation sites (N-methyl/N-ethyl adjacent to an activating group) is 1. The van der Waals surface area contributed by atoms with Crippen LogP contribution in [-0.4, -0.2) is 213 Å². The molecule has 20 atom stereocenters. The number of unbranched alkanes of at least 4 members (excludes halogenated alkanes) is 1. The first-order chi connectivity index (χ1) is 39.0. The number of anilines is 1. The summed E-state index contributed by atoms with van der Waals surface area (Å²) in [4.78, 5) is 22.3. The van der Waals surface area contributed by atoms with Gasteiger partial charge >= 0.3 is 5.97 Å². The van der Waals surface area contributed by atoms with Gasteiger partial charge in [0.05, 0.1) is 70.5 Å². The molecule has 83 heavy (non-hydrogen) atoms. The van der Waals surface area contributed by atoms with Crippen LogP contribution in [-0.2, 0) is 68.7 Å². The highest BCUT2D eigenvalue weighted by Crippen LogP contribution is 2.43. The van der Waals surface area contributed by atoms with E-state index in [0.717, 1.165) is 6.42 Å². The summed E-state index contributed by atoms with van der Waals surface area (Å²) in [6, 6.07) is 5.34. The summed E-state index contributed by atoms with van der Waals surface area (Å²) in [5.74, 6) is -4.05. The quantitative estimate of drug-likeness (QED) is 0.0436. The average molecular weight is 1200 g/mol. The Kier molecular flexibility index (Phi) is 25.7. The summed E-state index contributed by atoms with van der Waals surface area (Å²) in [6.07, 6.45) is -7.38. The Hall–Kier alpha value is -3.54. The lowest BCUT2D eigenvalue weighted by Crippen LogP contribution is -2.61. The maximum atomic E-state index is 15.0. The minimum atomic E-state index is -3.52. The molecule has 1 aromatic heterocycles. The van der Waals surface area contributed by atoms with Gasteiger partial charge in [0.25, 0.3) is 0 Å². The second-order valence-electron chi connectivity index (χ2n) is 23.8. The highest BCUT2D eigenvalue weighted by atomic mass is 32.2. The summed E-state index contributed by atoms with van der Waals surface area (Å²) in [6.45, 7) is 18.7. The molecule has 0 radical (unpaired) electrons. The van der Waals surface area contributed by atoms with Crippen molar-refractivity contribution in [1.82, 2.24) is 19.9 Å². The number of hydrogen-bond donors (Lipinski definition) is 4. The number of aromatic nitrogens is 3. The third-order valence-electron chi connectivity index (χ3n) is 17.7. The number of oxime groups is 1. The second kappa shape index (κ2) is 30.4. The summed E-state index contributed by atoms with van der Waals surface area (Å²) in [7, 11) is 5.80. The van der Waals surface area contributed by atoms with Gasteiger partial charge in [-0.1, -0.05) is 63.5 Å². The summed E-state index contributed by atoms with van der Waals surface area (Å²) < 4.78 is 99.9. The molecule has 2 aromatic rings. The number of halogens is 1. The number of aliphatic hydroxyl groups excluding tert-OH is 3. The van der Waals surface area contributed by atoms with Crippen molar-refractivity contribution in [3.63, 3.8) is 0 Å². The van der Waals surface area contributed by atoms with Gasteiger partial charge in [0.1, 0.15) is 42.7 Å². The van der Waals surface area contributed by atoms with E-state index in [1.54, 1.807) is 65.1 Å². The number of carbonyl (C=O) groups is 1. The number of ether oxygens (including phenoxy) is 9. The molecule has 5 rings (SSSR count). The molecule has 4 heterocycles. The van der Waals surface area contributed by atoms with Crippen LogP contribution in [0.15, 0.2) is 35.6 Å². The van der Waals surface area contributed by atoms with Crippen molar-refractivity contribution in [1.29, 1.82) is 0 Å². The van der Waals surface area contributed by atoms with Crippen LogP contribution >= 0.6 is 0 Å². The van der Waals surface area contributed by atoms with Crippen molar-refractivity contribution in [2.45, 2.75) is 218 Å². The Balaban J connectivity index is 1.47. The maximum absolute atomic E-state index is 15.0. The molecule has 0 amide bonds. The third kappa shape index (κ3) is 16.6. The molecule has 0 unspecified atom stereocenters. The van der Waals surface area contributed by atoms with Crippen LogP contribution in [0.4, 0.5) is 10.1 Å². The smallest absolute Gasteiger partial charge is 0.311 e. The zero-order valence-electron chi connectivity index (χ0n) is 52.0. The van der Waals surface area contributed by atoms with Gasteiger partial charge in [0.2, 0.25) is 16.8 Å². The zero-order chi connectivity index (χ0) is 61.9. The monoisotopic (exact) mass is 1200 g/mol. The van der Waals surface area contributed by atoms with Crippen molar-refractivity contribution < 1.29 is 85.5 Å². The highest BCUT2D eigenvalue weighted by Gasteiger charge is 2.54. The minimum Gasteiger partial charge on any atom is -0.459 e. The van der Waals surface area contributed by atoms with Crippen LogP contribution in [0.1, 0.15) is 138 Å². The molecule has 3 aliphatic rings. The van der Waals surface area contributed by atoms with Crippen LogP contribution in [0, 0.1) is 23.7 Å². The molecule has 25 heteroatoms. The van der Waals surface area contributed by atoms with Gasteiger partial charge in [-0.2, -0.15) is 0 Å². The number of carbonyl (C=O) groups excluding carboxylic acids is 1. The molecule has 0 spiro atoms. The minimum absolute atomic E-state index is 0.0270. The van der Waals surface area contributed by atoms with E-state index in [2.05, 4.69) is 15.5 Å². The number of aliphatic hydroxyl groups is 4. The predicted molar refractivity (Wildman–Crippen MR) is 307 cm³/mol. The first kappa shape index (κ1) is 70.2. The molecule has 476 valence electrons. The van der Waals surface area contributed by atoms with E-state index in [9.17, 15) is 33.6 Å². The van der Waals surface area contributed by atoms with Crippen LogP contribution in [0.3, 0.4) is 0 Å². The summed E-state index contributed by atoms with van der Waals surface area (Å²) in [5.41, 5.74) is -2.42. The van der Waals surface area contributed by atoms with Gasteiger partial charge in [0, 0.05) is 84.9 Å². The van der Waals surface area contributed by atoms with Crippen molar-refractivity contribution in [3.8, 4) is 0 Å². The van der Waals surface area contributed by atoms with Gasteiger partial charge in [-0.15, -0.1) is 5.10 Å². The number of esters is 1. The molecule has 0 aliphatic carbocycles. The van der Waals surface area contributed by atoms with Gasteiger partial charge in [-0.05, 0) is 92.0 Å². The van der Waals surface area contributed by atoms with Crippen molar-refractivity contribution in [2.75, 3.05) is 72.6 Å². The Morgan fingerprint density at radius 3 is 2.17 bits per heavy atom. The van der Waals surface area contributed by atoms with Gasteiger partial charge in [-0.3, -0.25) is 9.10 Å². The molecule has 23 nitrogen and oxygen atoms in total. The molecular formula is C58H99FN6O17S. The Labute approximate surface area is 491 Å². The molecule has 3 saturated heterocycles. The molecule has 3 aliphatic heterocycles. The van der Waals surface area contributed by atoms with Crippen molar-refractivity contribution >= 4 is 27.4 Å². The van der Waals surface area contributed by atoms with Crippen molar-refractivity contribution in [3.05, 3.63) is 41.7 Å². The fraction of sp³-hybridized carbons (Fsp3) is 0.828. The standard InChI is InChI=1S/C58H99FN6O17S/c1-18-20-27-83(71,72)64(13)42-23-21-40(22-24-42)50(74-15)44(31-59)65-32-41(60-62-65)25-26-63(12)43-28-35(4)78-55(48(43)66)82-53-37(6)49(81-46-30-56(9,75-16)52(68)39(8)79-46)38(7)54(69)80-45(19-2)58(11,70)51(67)36(5)47(61-77-33-73-14)34(3)29-57(53,10)76-17/h21-24,32,34-39,43-46,48-53,55,66-68,70H,18-20,25-31,33H2,1-17H3/b61-47+/t34-,35-,36+,37+,38-,39+,43+,44-,45-,46+,48-,49+,50-,51-,52+,53-,55+,56-,57-,58-/m1/s1. The molecule has 4 N–H and O–H groups in total. The van der Waals surface area contributed by atoms with E-state index < -0.39 is 143 Å². The lowest BCUT2D eigenvalue weighted by atomic mass is 9.73. The first-order valence-electron chi connectivity index (χ1n) is 29.2. The number of hydrogen-bond acceptors (Lipinski definition) is 21. The largest absolute Gasteiger partial charge is 0.459 e. The maximum Gasteiger partial charge on any atom is 0.311 e. The number of methoxy groups -OCH3 is 4. The number of alkyl halides is 1. The van der Waals surface area contributed by atoms with Crippen LogP contribution in [0.5, 0.6) is 0 Å². The lowest BCUT2D eigenvalue weighted by Gasteiger charge is -2.50. The fourth-order valence-electron chi connectivity index (χ4n) is 12.2. The SMILES string of the molecule is CCCCS(=O)(=O)N(C)c1ccc([C@@H](OC)[C@@H](CF)n2cc(CCN(C)[C@H]3C[C@@H](C)O[C@@H](O[C@@H]4[C@@H](C)[C@H](O[C@H]5C[C@@](C)(OC)[C@@H](O)[C@H](C)O5)[C@@H](C)C(=O)O[C@H](CC)[C@@](C)(O)[C@H](O)[C@@H](C)/C(=N/OCOC)[C@H](C)C[C@@]4(C)OC)[C@@H]3O)nn2)cc1. The van der Waals surface area contributed by atoms with Crippen molar-refractivity contribution in [2.24, 2.45) is 28.8 Å². The fourth-order valence-corrected chi connectivity index (χ4v) is 13.6. The van der Waals surface area contributed by atoms with E-state index in [1.807, 2.05) is 46.6 Å². The summed E-state index contributed by atoms with van der Waals surface area (Å²) in [5, 5.41) is 61.1. The van der Waals surface area contributed by atoms with Crippen LogP contribution in [0.2, 0.25) is 0 Å². The third-order valence-corrected chi connectivity index (χ3v) is 19.5. The summed E-state index contributed by atoms with van der Waals surface area (Å²) >= 11 is 0. The Morgan fingerprint density at radius 1 is 0.916 bits per heavy atom. The van der Waals surface area contributed by atoms with E-state index >= 15 is 4.39 Å². The van der Waals surface area contributed by atoms with Crippen LogP contribution in [0.25, 0.3) is 0 Å². The molecule has 0 bridgehead atoms. The number of nitrogens with zero attached hydrogens (tertiary/aromatic N) is 6. The molecule has 1 aromatic carbocycles. The van der Waals surface area contributed by atoms with Gasteiger partial charge < -0.3 is 72.8 Å².